The van der Waals surface area contributed by atoms with Gasteiger partial charge in [0.15, 0.2) is 0 Å². The average molecular weight is 427 g/mol. The minimum absolute atomic E-state index is 0.00494. The minimum Gasteiger partial charge on any atom is -0.352 e. The van der Waals surface area contributed by atoms with Crippen LogP contribution in [-0.4, -0.2) is 34.6 Å². The Balaban J connectivity index is 2.15. The first-order valence-electron chi connectivity index (χ1n) is 10.7. The lowest BCUT2D eigenvalue weighted by Crippen LogP contribution is -2.51. The van der Waals surface area contributed by atoms with Crippen LogP contribution in [0.2, 0.25) is 0 Å². The number of rotatable bonds is 11. The number of benzene rings is 2. The van der Waals surface area contributed by atoms with Gasteiger partial charge in [0, 0.05) is 18.3 Å². The largest absolute Gasteiger partial charge is 0.352 e. The Morgan fingerprint density at radius 2 is 1.67 bits per heavy atom. The topological polar surface area (TPSA) is 49.4 Å². The molecule has 2 aromatic carbocycles. The van der Waals surface area contributed by atoms with Gasteiger partial charge >= 0.3 is 0 Å². The van der Waals surface area contributed by atoms with Crippen LogP contribution in [0.25, 0.3) is 0 Å². The maximum absolute atomic E-state index is 13.2. The van der Waals surface area contributed by atoms with Crippen LogP contribution in [0.1, 0.15) is 50.3 Å². The Morgan fingerprint density at radius 1 is 1.00 bits per heavy atom. The van der Waals surface area contributed by atoms with Gasteiger partial charge in [0.1, 0.15) is 6.04 Å². The molecule has 0 aliphatic heterocycles. The van der Waals surface area contributed by atoms with Crippen molar-refractivity contribution in [2.45, 2.75) is 64.9 Å². The van der Waals surface area contributed by atoms with E-state index in [0.29, 0.717) is 18.7 Å². The second-order valence-electron chi connectivity index (χ2n) is 7.67. The van der Waals surface area contributed by atoms with E-state index in [2.05, 4.69) is 17.4 Å². The number of amides is 2. The second-order valence-corrected chi connectivity index (χ2v) is 8.65. The number of carbonyl (C=O) groups is 2. The second kappa shape index (κ2) is 12.4. The van der Waals surface area contributed by atoms with Crippen molar-refractivity contribution in [1.82, 2.24) is 10.2 Å². The molecule has 0 radical (unpaired) electrons. The van der Waals surface area contributed by atoms with Crippen LogP contribution < -0.4 is 5.32 Å². The Hall–Kier alpha value is -2.27. The lowest BCUT2D eigenvalue weighted by atomic mass is 10.1. The summed E-state index contributed by atoms with van der Waals surface area (Å²) >= 11 is 1.59. The maximum atomic E-state index is 13.2. The van der Waals surface area contributed by atoms with Gasteiger partial charge in [0.05, 0.1) is 5.75 Å². The molecule has 0 heterocycles. The standard InChI is InChI=1S/C25H34N2O2S/c1-5-20(4)26-25(29)23(6-2)27(16-22-15-11-10-12-19(22)3)24(28)18-30-17-21-13-8-7-9-14-21/h7-15,20,23H,5-6,16-18H2,1-4H3,(H,26,29)/t20-,23+/m1/s1. The normalized spacial score (nSPS) is 12.8. The van der Waals surface area contributed by atoms with Gasteiger partial charge in [-0.05, 0) is 43.4 Å². The van der Waals surface area contributed by atoms with Gasteiger partial charge < -0.3 is 10.2 Å². The average Bonchev–Trinajstić information content (AvgIpc) is 2.75. The fourth-order valence-electron chi connectivity index (χ4n) is 3.24. The van der Waals surface area contributed by atoms with Crippen LogP contribution in [0.3, 0.4) is 0 Å². The van der Waals surface area contributed by atoms with Crippen LogP contribution in [0, 0.1) is 6.92 Å². The van der Waals surface area contributed by atoms with Crippen LogP contribution in [0.4, 0.5) is 0 Å². The van der Waals surface area contributed by atoms with E-state index in [4.69, 9.17) is 0 Å². The van der Waals surface area contributed by atoms with Gasteiger partial charge in [-0.25, -0.2) is 0 Å². The fourth-order valence-corrected chi connectivity index (χ4v) is 4.12. The molecule has 1 N–H and O–H groups in total. The molecule has 0 aliphatic rings. The summed E-state index contributed by atoms with van der Waals surface area (Å²) in [4.78, 5) is 27.9. The summed E-state index contributed by atoms with van der Waals surface area (Å²) in [5.74, 6) is 1.07. The zero-order valence-corrected chi connectivity index (χ0v) is 19.4. The number of hydrogen-bond donors (Lipinski definition) is 1. The van der Waals surface area contributed by atoms with Crippen molar-refractivity contribution in [2.75, 3.05) is 5.75 Å². The van der Waals surface area contributed by atoms with Gasteiger partial charge in [0.2, 0.25) is 11.8 Å². The molecule has 0 saturated carbocycles. The summed E-state index contributed by atoms with van der Waals surface area (Å²) in [7, 11) is 0. The van der Waals surface area contributed by atoms with E-state index in [-0.39, 0.29) is 17.9 Å². The molecule has 2 rings (SSSR count). The van der Waals surface area contributed by atoms with Crippen LogP contribution >= 0.6 is 11.8 Å². The van der Waals surface area contributed by atoms with Crippen molar-refractivity contribution in [1.29, 1.82) is 0 Å². The molecular formula is C25H34N2O2S. The third-order valence-corrected chi connectivity index (χ3v) is 6.31. The molecule has 162 valence electrons. The first kappa shape index (κ1) is 24.0. The molecule has 0 fully saturated rings. The molecule has 2 atom stereocenters. The van der Waals surface area contributed by atoms with Gasteiger partial charge in [0.25, 0.3) is 0 Å². The number of nitrogens with one attached hydrogen (secondary N) is 1. The molecule has 0 saturated heterocycles. The summed E-state index contributed by atoms with van der Waals surface area (Å²) < 4.78 is 0. The molecule has 0 bridgehead atoms. The number of carbonyl (C=O) groups excluding carboxylic acids is 2. The van der Waals surface area contributed by atoms with Crippen LogP contribution in [0.15, 0.2) is 54.6 Å². The van der Waals surface area contributed by atoms with Gasteiger partial charge in [-0.3, -0.25) is 9.59 Å². The molecule has 0 aliphatic carbocycles. The summed E-state index contributed by atoms with van der Waals surface area (Å²) in [6.45, 7) is 8.50. The predicted octanol–water partition coefficient (Wildman–Crippen LogP) is 4.95. The summed E-state index contributed by atoms with van der Waals surface area (Å²) in [5, 5.41) is 3.06. The predicted molar refractivity (Wildman–Crippen MR) is 126 cm³/mol. The lowest BCUT2D eigenvalue weighted by Gasteiger charge is -2.32. The Kier molecular flexibility index (Phi) is 9.95. The van der Waals surface area contributed by atoms with Gasteiger partial charge in [-0.15, -0.1) is 11.8 Å². The summed E-state index contributed by atoms with van der Waals surface area (Å²) in [5.41, 5.74) is 3.40. The molecule has 0 aromatic heterocycles. The number of nitrogens with zero attached hydrogens (tertiary/aromatic N) is 1. The van der Waals surface area contributed by atoms with E-state index >= 15 is 0 Å². The van der Waals surface area contributed by atoms with Crippen molar-refractivity contribution in [3.8, 4) is 0 Å². The van der Waals surface area contributed by atoms with Gasteiger partial charge in [-0.2, -0.15) is 0 Å². The first-order chi connectivity index (χ1) is 14.5. The Morgan fingerprint density at radius 3 is 2.30 bits per heavy atom. The van der Waals surface area contributed by atoms with Crippen molar-refractivity contribution in [3.05, 3.63) is 71.3 Å². The van der Waals surface area contributed by atoms with E-state index in [0.717, 1.165) is 23.3 Å². The maximum Gasteiger partial charge on any atom is 0.243 e. The monoisotopic (exact) mass is 426 g/mol. The quantitative estimate of drug-likeness (QED) is 0.553. The molecule has 4 nitrogen and oxygen atoms in total. The third kappa shape index (κ3) is 7.21. The SMILES string of the molecule is CC[C@@H](C)NC(=O)[C@H](CC)N(Cc1ccccc1C)C(=O)CSCc1ccccc1. The zero-order chi connectivity index (χ0) is 21.9. The number of hydrogen-bond acceptors (Lipinski definition) is 3. The highest BCUT2D eigenvalue weighted by molar-refractivity contribution is 7.99. The Bertz CT molecular complexity index is 810. The molecule has 0 spiro atoms. The van der Waals surface area contributed by atoms with E-state index in [1.165, 1.54) is 5.56 Å². The minimum atomic E-state index is -0.469. The van der Waals surface area contributed by atoms with Crippen molar-refractivity contribution >= 4 is 23.6 Å². The first-order valence-corrected chi connectivity index (χ1v) is 11.9. The molecule has 5 heteroatoms. The van der Waals surface area contributed by atoms with Crippen molar-refractivity contribution in [3.63, 3.8) is 0 Å². The number of thioether (sulfide) groups is 1. The van der Waals surface area contributed by atoms with E-state index in [1.54, 1.807) is 16.7 Å². The molecule has 30 heavy (non-hydrogen) atoms. The molecule has 2 aromatic rings. The fraction of sp³-hybridized carbons (Fsp3) is 0.440. The smallest absolute Gasteiger partial charge is 0.243 e. The Labute approximate surface area is 185 Å². The molecule has 0 unspecified atom stereocenters. The highest BCUT2D eigenvalue weighted by atomic mass is 32.2. The summed E-state index contributed by atoms with van der Waals surface area (Å²) in [6.07, 6.45) is 1.45. The third-order valence-electron chi connectivity index (χ3n) is 5.33. The zero-order valence-electron chi connectivity index (χ0n) is 18.6. The van der Waals surface area contributed by atoms with E-state index < -0.39 is 6.04 Å². The number of aryl methyl sites for hydroxylation is 1. The lowest BCUT2D eigenvalue weighted by molar-refractivity contribution is -0.139. The van der Waals surface area contributed by atoms with Crippen molar-refractivity contribution in [2.24, 2.45) is 0 Å². The van der Waals surface area contributed by atoms with E-state index in [9.17, 15) is 9.59 Å². The highest BCUT2D eigenvalue weighted by Gasteiger charge is 2.29. The highest BCUT2D eigenvalue weighted by Crippen LogP contribution is 2.19. The van der Waals surface area contributed by atoms with Gasteiger partial charge in [-0.1, -0.05) is 68.4 Å². The van der Waals surface area contributed by atoms with E-state index in [1.807, 2.05) is 70.2 Å². The molecular weight excluding hydrogens is 392 g/mol. The van der Waals surface area contributed by atoms with Crippen LogP contribution in [-0.2, 0) is 21.9 Å². The molecule has 2 amide bonds. The summed E-state index contributed by atoms with van der Waals surface area (Å²) in [6, 6.07) is 17.8. The van der Waals surface area contributed by atoms with Crippen molar-refractivity contribution < 1.29 is 9.59 Å². The van der Waals surface area contributed by atoms with Crippen LogP contribution in [0.5, 0.6) is 0 Å².